The monoisotopic (exact) mass is 335 g/mol. The third kappa shape index (κ3) is 3.96. The van der Waals surface area contributed by atoms with Crippen LogP contribution in [0.25, 0.3) is 0 Å². The summed E-state index contributed by atoms with van der Waals surface area (Å²) < 4.78 is 39.8. The molecule has 22 heavy (non-hydrogen) atoms. The predicted octanol–water partition coefficient (Wildman–Crippen LogP) is 2.35. The second-order valence-corrected chi connectivity index (χ2v) is 5.66. The Morgan fingerprint density at radius 2 is 2.18 bits per heavy atom. The first kappa shape index (κ1) is 18.4. The van der Waals surface area contributed by atoms with Crippen LogP contribution in [0.15, 0.2) is 5.38 Å². The molecule has 0 aromatic carbocycles. The number of amides is 1. The number of halogens is 3. The molecule has 122 valence electrons. The van der Waals surface area contributed by atoms with Crippen molar-refractivity contribution in [3.05, 3.63) is 16.1 Å². The van der Waals surface area contributed by atoms with E-state index in [-0.39, 0.29) is 13.1 Å². The molecule has 0 aliphatic rings. The maximum absolute atomic E-state index is 13.3. The fraction of sp³-hybridized carbons (Fsp3) is 0.615. The van der Waals surface area contributed by atoms with Crippen molar-refractivity contribution < 1.29 is 23.1 Å². The zero-order valence-electron chi connectivity index (χ0n) is 12.1. The second-order valence-electron chi connectivity index (χ2n) is 4.80. The van der Waals surface area contributed by atoms with Crippen LogP contribution in [0.3, 0.4) is 0 Å². The number of alkyl halides is 3. The van der Waals surface area contributed by atoms with Crippen LogP contribution in [0.1, 0.15) is 30.5 Å². The Kier molecular flexibility index (Phi) is 5.91. The van der Waals surface area contributed by atoms with Gasteiger partial charge in [0.2, 0.25) is 11.5 Å². The number of hydrogen-bond donors (Lipinski definition) is 1. The Morgan fingerprint density at radius 1 is 1.55 bits per heavy atom. The van der Waals surface area contributed by atoms with Crippen LogP contribution in [0, 0.1) is 18.3 Å². The summed E-state index contributed by atoms with van der Waals surface area (Å²) in [4.78, 5) is 16.7. The van der Waals surface area contributed by atoms with Gasteiger partial charge in [0, 0.05) is 17.6 Å². The van der Waals surface area contributed by atoms with Gasteiger partial charge in [-0.05, 0) is 13.3 Å². The molecule has 5 nitrogen and oxygen atoms in total. The van der Waals surface area contributed by atoms with Gasteiger partial charge in [-0.25, -0.2) is 4.98 Å². The molecule has 0 aliphatic heterocycles. The smallest absolute Gasteiger partial charge is 0.374 e. The van der Waals surface area contributed by atoms with Crippen LogP contribution < -0.4 is 0 Å². The van der Waals surface area contributed by atoms with Crippen molar-refractivity contribution in [3.8, 4) is 6.07 Å². The molecule has 0 bridgehead atoms. The van der Waals surface area contributed by atoms with Crippen molar-refractivity contribution in [1.82, 2.24) is 9.88 Å². The van der Waals surface area contributed by atoms with E-state index in [2.05, 4.69) is 4.98 Å². The molecule has 0 spiro atoms. The second kappa shape index (κ2) is 7.07. The highest BCUT2D eigenvalue weighted by Gasteiger charge is 2.58. The van der Waals surface area contributed by atoms with Crippen LogP contribution in [-0.4, -0.2) is 40.2 Å². The maximum Gasteiger partial charge on any atom is 0.424 e. The molecular formula is C13H16F3N3O2S. The van der Waals surface area contributed by atoms with Crippen LogP contribution in [0.4, 0.5) is 13.2 Å². The Labute approximate surface area is 130 Å². The van der Waals surface area contributed by atoms with E-state index in [0.717, 1.165) is 4.90 Å². The Bertz CT molecular complexity index is 568. The maximum atomic E-state index is 13.3. The van der Waals surface area contributed by atoms with E-state index in [1.54, 1.807) is 13.0 Å². The largest absolute Gasteiger partial charge is 0.424 e. The first-order valence-electron chi connectivity index (χ1n) is 6.52. The van der Waals surface area contributed by atoms with Gasteiger partial charge in [-0.3, -0.25) is 4.79 Å². The number of aryl methyl sites for hydroxylation is 1. The van der Waals surface area contributed by atoms with Gasteiger partial charge < -0.3 is 10.0 Å². The van der Waals surface area contributed by atoms with Gasteiger partial charge in [-0.15, -0.1) is 11.3 Å². The Morgan fingerprint density at radius 3 is 2.59 bits per heavy atom. The molecule has 0 radical (unpaired) electrons. The molecule has 0 saturated heterocycles. The van der Waals surface area contributed by atoms with Crippen LogP contribution in [0.5, 0.6) is 0 Å². The van der Waals surface area contributed by atoms with E-state index in [0.29, 0.717) is 23.5 Å². The van der Waals surface area contributed by atoms with E-state index in [4.69, 9.17) is 5.26 Å². The first-order chi connectivity index (χ1) is 10.2. The zero-order valence-corrected chi connectivity index (χ0v) is 13.0. The van der Waals surface area contributed by atoms with Crippen molar-refractivity contribution in [2.75, 3.05) is 13.1 Å². The molecule has 1 atom stereocenters. The normalized spacial score (nSPS) is 14.2. The van der Waals surface area contributed by atoms with Gasteiger partial charge in [0.1, 0.15) is 11.6 Å². The zero-order chi connectivity index (χ0) is 17.0. The summed E-state index contributed by atoms with van der Waals surface area (Å²) in [7, 11) is 0. The van der Waals surface area contributed by atoms with Crippen LogP contribution in [0.2, 0.25) is 0 Å². The van der Waals surface area contributed by atoms with E-state index in [1.165, 1.54) is 12.3 Å². The minimum atomic E-state index is -5.04. The SMILES string of the molecule is CCCN(CC#N)C(=O)CC(O)(c1nc(C)cs1)C(F)(F)F. The highest BCUT2D eigenvalue weighted by atomic mass is 32.1. The molecule has 9 heteroatoms. The standard InChI is InChI=1S/C13H16F3N3O2S/c1-3-5-19(6-4-17)10(20)7-12(21,13(14,15)16)11-18-9(2)8-22-11/h8,21H,3,5-7H2,1-2H3. The van der Waals surface area contributed by atoms with E-state index >= 15 is 0 Å². The number of nitriles is 1. The molecule has 1 aromatic heterocycles. The third-order valence-electron chi connectivity index (χ3n) is 2.96. The lowest BCUT2D eigenvalue weighted by Crippen LogP contribution is -2.47. The topological polar surface area (TPSA) is 77.2 Å². The summed E-state index contributed by atoms with van der Waals surface area (Å²) in [6.07, 6.45) is -5.74. The van der Waals surface area contributed by atoms with E-state index < -0.39 is 29.1 Å². The average Bonchev–Trinajstić information content (AvgIpc) is 2.84. The number of nitrogens with zero attached hydrogens (tertiary/aromatic N) is 3. The highest BCUT2D eigenvalue weighted by Crippen LogP contribution is 2.43. The molecule has 1 amide bonds. The predicted molar refractivity (Wildman–Crippen MR) is 73.9 cm³/mol. The van der Waals surface area contributed by atoms with Gasteiger partial charge in [0.05, 0.1) is 12.5 Å². The van der Waals surface area contributed by atoms with Gasteiger partial charge in [-0.1, -0.05) is 6.92 Å². The number of thiazole rings is 1. The average molecular weight is 335 g/mol. The Hall–Kier alpha value is -1.66. The molecule has 1 N–H and O–H groups in total. The fourth-order valence-corrected chi connectivity index (χ4v) is 2.73. The van der Waals surface area contributed by atoms with Crippen LogP contribution >= 0.6 is 11.3 Å². The summed E-state index contributed by atoms with van der Waals surface area (Å²) in [5, 5.41) is 19.5. The van der Waals surface area contributed by atoms with Gasteiger partial charge in [-0.2, -0.15) is 18.4 Å². The highest BCUT2D eigenvalue weighted by molar-refractivity contribution is 7.09. The number of carbonyl (C=O) groups excluding carboxylic acids is 1. The molecular weight excluding hydrogens is 319 g/mol. The number of hydrogen-bond acceptors (Lipinski definition) is 5. The molecule has 0 fully saturated rings. The van der Waals surface area contributed by atoms with Crippen molar-refractivity contribution in [2.24, 2.45) is 0 Å². The van der Waals surface area contributed by atoms with Crippen molar-refractivity contribution in [2.45, 2.75) is 38.5 Å². The summed E-state index contributed by atoms with van der Waals surface area (Å²) in [6, 6.07) is 1.73. The summed E-state index contributed by atoms with van der Waals surface area (Å²) in [5.41, 5.74) is -3.01. The lowest BCUT2D eigenvalue weighted by molar-refractivity contribution is -0.268. The van der Waals surface area contributed by atoms with Crippen molar-refractivity contribution in [3.63, 3.8) is 0 Å². The fourth-order valence-electron chi connectivity index (χ4n) is 1.82. The Balaban J connectivity index is 3.10. The number of aromatic nitrogens is 1. The molecule has 1 aromatic rings. The van der Waals surface area contributed by atoms with E-state index in [1.807, 2.05) is 0 Å². The number of rotatable bonds is 6. The van der Waals surface area contributed by atoms with E-state index in [9.17, 15) is 23.1 Å². The summed E-state index contributed by atoms with van der Waals surface area (Å²) in [5.74, 6) is -0.934. The summed E-state index contributed by atoms with van der Waals surface area (Å²) in [6.45, 7) is 3.06. The lowest BCUT2D eigenvalue weighted by Gasteiger charge is -2.30. The summed E-state index contributed by atoms with van der Waals surface area (Å²) >= 11 is 0.647. The molecule has 1 unspecified atom stereocenters. The molecule has 1 rings (SSSR count). The first-order valence-corrected chi connectivity index (χ1v) is 7.40. The van der Waals surface area contributed by atoms with Crippen molar-refractivity contribution in [1.29, 1.82) is 5.26 Å². The lowest BCUT2D eigenvalue weighted by atomic mass is 9.98. The quantitative estimate of drug-likeness (QED) is 0.810. The number of carbonyl (C=O) groups is 1. The molecule has 0 saturated carbocycles. The minimum absolute atomic E-state index is 0.150. The molecule has 0 aliphatic carbocycles. The number of aliphatic hydroxyl groups is 1. The van der Waals surface area contributed by atoms with Crippen molar-refractivity contribution >= 4 is 17.2 Å². The molecule has 1 heterocycles. The minimum Gasteiger partial charge on any atom is -0.374 e. The van der Waals surface area contributed by atoms with Gasteiger partial charge in [0.15, 0.2) is 0 Å². The van der Waals surface area contributed by atoms with Crippen LogP contribution in [-0.2, 0) is 10.4 Å². The van der Waals surface area contributed by atoms with Gasteiger partial charge in [0.25, 0.3) is 0 Å². The van der Waals surface area contributed by atoms with Gasteiger partial charge >= 0.3 is 6.18 Å². The third-order valence-corrected chi connectivity index (χ3v) is 4.07.